The predicted molar refractivity (Wildman–Crippen MR) is 84.4 cm³/mol. The van der Waals surface area contributed by atoms with E-state index >= 15 is 0 Å². The number of nitrogens with one attached hydrogen (secondary N) is 1. The van der Waals surface area contributed by atoms with Crippen molar-refractivity contribution in [3.63, 3.8) is 0 Å². The van der Waals surface area contributed by atoms with E-state index in [9.17, 15) is 0 Å². The molecule has 0 amide bonds. The smallest absolute Gasteiger partial charge is 0.0216 e. The molecule has 0 radical (unpaired) electrons. The van der Waals surface area contributed by atoms with E-state index in [1.165, 1.54) is 24.0 Å². The number of hydrogen-bond donors (Lipinski definition) is 2. The summed E-state index contributed by atoms with van der Waals surface area (Å²) in [5.41, 5.74) is 9.42. The highest BCUT2D eigenvalue weighted by molar-refractivity contribution is 7.08. The van der Waals surface area contributed by atoms with Crippen molar-refractivity contribution in [2.24, 2.45) is 23.0 Å². The molecule has 2 nitrogen and oxygen atoms in total. The van der Waals surface area contributed by atoms with Crippen molar-refractivity contribution in [2.75, 3.05) is 6.54 Å². The predicted octanol–water partition coefficient (Wildman–Crippen LogP) is 3.55. The molecule has 1 heterocycles. The minimum Gasteiger partial charge on any atom is -0.327 e. The zero-order valence-electron chi connectivity index (χ0n) is 12.7. The van der Waals surface area contributed by atoms with Crippen LogP contribution in [-0.2, 0) is 6.54 Å². The third-order valence-electron chi connectivity index (χ3n) is 5.38. The average Bonchev–Trinajstić information content (AvgIpc) is 2.76. The maximum Gasteiger partial charge on any atom is 0.0216 e. The van der Waals surface area contributed by atoms with Crippen LogP contribution in [0.5, 0.6) is 0 Å². The summed E-state index contributed by atoms with van der Waals surface area (Å²) in [5.74, 6) is 1.34. The molecule has 1 fully saturated rings. The standard InChI is InChI=1S/C16H28N2S/c1-11-9-19-10-13(11)7-18-8-14-5-6-15(17)12(2)16(14,3)4/h9-10,12,14-15,18H,5-8,17H2,1-4H3. The Morgan fingerprint density at radius 2 is 2.11 bits per heavy atom. The van der Waals surface area contributed by atoms with E-state index in [2.05, 4.69) is 43.8 Å². The summed E-state index contributed by atoms with van der Waals surface area (Å²) in [6.07, 6.45) is 2.43. The molecule has 3 N–H and O–H groups in total. The maximum absolute atomic E-state index is 6.22. The van der Waals surface area contributed by atoms with Crippen LogP contribution in [0, 0.1) is 24.2 Å². The van der Waals surface area contributed by atoms with Crippen molar-refractivity contribution in [1.82, 2.24) is 5.32 Å². The lowest BCUT2D eigenvalue weighted by Gasteiger charge is -2.47. The van der Waals surface area contributed by atoms with Gasteiger partial charge in [0.15, 0.2) is 0 Å². The van der Waals surface area contributed by atoms with Gasteiger partial charge in [0, 0.05) is 12.6 Å². The second kappa shape index (κ2) is 5.94. The number of aryl methyl sites for hydroxylation is 1. The minimum absolute atomic E-state index is 0.342. The summed E-state index contributed by atoms with van der Waals surface area (Å²) in [5, 5.41) is 8.14. The van der Waals surface area contributed by atoms with E-state index in [0.717, 1.165) is 19.0 Å². The first-order chi connectivity index (χ1) is 8.93. The lowest BCUT2D eigenvalue weighted by Crippen LogP contribution is -2.49. The monoisotopic (exact) mass is 280 g/mol. The molecule has 0 aromatic carbocycles. The van der Waals surface area contributed by atoms with Crippen molar-refractivity contribution in [3.8, 4) is 0 Å². The lowest BCUT2D eigenvalue weighted by molar-refractivity contribution is 0.0539. The summed E-state index contributed by atoms with van der Waals surface area (Å²) in [6.45, 7) is 11.4. The van der Waals surface area contributed by atoms with Gasteiger partial charge in [0.2, 0.25) is 0 Å². The fourth-order valence-corrected chi connectivity index (χ4v) is 4.11. The third kappa shape index (κ3) is 3.21. The quantitative estimate of drug-likeness (QED) is 0.885. The Kier molecular flexibility index (Phi) is 4.70. The van der Waals surface area contributed by atoms with Crippen LogP contribution in [0.1, 0.15) is 44.7 Å². The summed E-state index contributed by atoms with van der Waals surface area (Å²) >= 11 is 1.80. The highest BCUT2D eigenvalue weighted by atomic mass is 32.1. The van der Waals surface area contributed by atoms with Gasteiger partial charge in [0.25, 0.3) is 0 Å². The van der Waals surface area contributed by atoms with Crippen LogP contribution in [0.15, 0.2) is 10.8 Å². The van der Waals surface area contributed by atoms with Crippen molar-refractivity contribution >= 4 is 11.3 Å². The third-order valence-corrected chi connectivity index (χ3v) is 6.29. The fraction of sp³-hybridized carbons (Fsp3) is 0.750. The topological polar surface area (TPSA) is 38.0 Å². The molecule has 3 atom stereocenters. The van der Waals surface area contributed by atoms with E-state index in [0.29, 0.717) is 17.4 Å². The zero-order chi connectivity index (χ0) is 14.0. The van der Waals surface area contributed by atoms with Crippen LogP contribution < -0.4 is 11.1 Å². The van der Waals surface area contributed by atoms with Gasteiger partial charge < -0.3 is 11.1 Å². The van der Waals surface area contributed by atoms with Gasteiger partial charge in [-0.1, -0.05) is 20.8 Å². The molecule has 3 unspecified atom stereocenters. The molecule has 0 aliphatic heterocycles. The molecular formula is C16H28N2S. The number of hydrogen-bond acceptors (Lipinski definition) is 3. The van der Waals surface area contributed by atoms with Gasteiger partial charge in [-0.3, -0.25) is 0 Å². The van der Waals surface area contributed by atoms with E-state index in [1.807, 2.05) is 0 Å². The fourth-order valence-electron chi connectivity index (χ4n) is 3.25. The molecule has 3 heteroatoms. The summed E-state index contributed by atoms with van der Waals surface area (Å²) < 4.78 is 0. The van der Waals surface area contributed by atoms with E-state index < -0.39 is 0 Å². The van der Waals surface area contributed by atoms with E-state index in [-0.39, 0.29) is 0 Å². The van der Waals surface area contributed by atoms with Gasteiger partial charge in [-0.05, 0) is 65.4 Å². The Morgan fingerprint density at radius 1 is 1.37 bits per heavy atom. The first kappa shape index (κ1) is 15.0. The van der Waals surface area contributed by atoms with Crippen molar-refractivity contribution in [3.05, 3.63) is 21.9 Å². The van der Waals surface area contributed by atoms with Gasteiger partial charge in [-0.15, -0.1) is 0 Å². The zero-order valence-corrected chi connectivity index (χ0v) is 13.5. The highest BCUT2D eigenvalue weighted by Crippen LogP contribution is 2.43. The summed E-state index contributed by atoms with van der Waals surface area (Å²) in [6, 6.07) is 0.380. The van der Waals surface area contributed by atoms with E-state index in [4.69, 9.17) is 5.73 Å². The molecule has 1 saturated carbocycles. The molecule has 19 heavy (non-hydrogen) atoms. The van der Waals surface area contributed by atoms with Crippen molar-refractivity contribution < 1.29 is 0 Å². The summed E-state index contributed by atoms with van der Waals surface area (Å²) in [4.78, 5) is 0. The average molecular weight is 280 g/mol. The Hall–Kier alpha value is -0.380. The first-order valence-corrected chi connectivity index (χ1v) is 8.35. The molecule has 0 saturated heterocycles. The van der Waals surface area contributed by atoms with Gasteiger partial charge in [0.1, 0.15) is 0 Å². The lowest BCUT2D eigenvalue weighted by atomic mass is 9.61. The van der Waals surface area contributed by atoms with Crippen LogP contribution in [0.3, 0.4) is 0 Å². The van der Waals surface area contributed by atoms with Crippen molar-refractivity contribution in [1.29, 1.82) is 0 Å². The van der Waals surface area contributed by atoms with Gasteiger partial charge in [0.05, 0.1) is 0 Å². The Balaban J connectivity index is 1.87. The van der Waals surface area contributed by atoms with E-state index in [1.54, 1.807) is 11.3 Å². The number of thiophene rings is 1. The SMILES string of the molecule is Cc1cscc1CNCC1CCC(N)C(C)C1(C)C. The summed E-state index contributed by atoms with van der Waals surface area (Å²) in [7, 11) is 0. The molecule has 2 rings (SSSR count). The maximum atomic E-state index is 6.22. The number of rotatable bonds is 4. The van der Waals surface area contributed by atoms with Gasteiger partial charge in [-0.2, -0.15) is 11.3 Å². The van der Waals surface area contributed by atoms with Crippen LogP contribution in [0.2, 0.25) is 0 Å². The minimum atomic E-state index is 0.342. The Morgan fingerprint density at radius 3 is 2.74 bits per heavy atom. The Labute approximate surface area is 121 Å². The molecule has 108 valence electrons. The molecular weight excluding hydrogens is 252 g/mol. The normalized spacial score (nSPS) is 30.5. The van der Waals surface area contributed by atoms with Gasteiger partial charge >= 0.3 is 0 Å². The molecule has 1 aromatic rings. The second-order valence-corrected chi connectivity index (χ2v) is 7.50. The molecule has 0 bridgehead atoms. The van der Waals surface area contributed by atoms with Gasteiger partial charge in [-0.25, -0.2) is 0 Å². The molecule has 1 aromatic heterocycles. The van der Waals surface area contributed by atoms with Crippen molar-refractivity contribution in [2.45, 2.75) is 53.1 Å². The highest BCUT2D eigenvalue weighted by Gasteiger charge is 2.41. The second-order valence-electron chi connectivity index (χ2n) is 6.76. The van der Waals surface area contributed by atoms with Crippen LogP contribution >= 0.6 is 11.3 Å². The van der Waals surface area contributed by atoms with Crippen LogP contribution in [0.4, 0.5) is 0 Å². The first-order valence-electron chi connectivity index (χ1n) is 7.41. The number of nitrogens with two attached hydrogens (primary N) is 1. The largest absolute Gasteiger partial charge is 0.327 e. The van der Waals surface area contributed by atoms with Crippen LogP contribution in [-0.4, -0.2) is 12.6 Å². The molecule has 1 aliphatic rings. The Bertz CT molecular complexity index is 411. The molecule has 1 aliphatic carbocycles. The molecule has 0 spiro atoms. The van der Waals surface area contributed by atoms with Crippen LogP contribution in [0.25, 0.3) is 0 Å².